The maximum Gasteiger partial charge on any atom is 0.255 e. The second kappa shape index (κ2) is 6.52. The summed E-state index contributed by atoms with van der Waals surface area (Å²) in [6.45, 7) is 0. The van der Waals surface area contributed by atoms with Gasteiger partial charge in [0.25, 0.3) is 5.91 Å². The summed E-state index contributed by atoms with van der Waals surface area (Å²) >= 11 is 3.39. The molecule has 124 valence electrons. The summed E-state index contributed by atoms with van der Waals surface area (Å²) in [5.74, 6) is 0.410. The molecule has 0 spiro atoms. The molecule has 2 aromatic heterocycles. The molecule has 0 aliphatic carbocycles. The van der Waals surface area contributed by atoms with Crippen LogP contribution < -0.4 is 5.32 Å². The van der Waals surface area contributed by atoms with Gasteiger partial charge in [-0.2, -0.15) is 5.10 Å². The number of benzene rings is 2. The van der Waals surface area contributed by atoms with Gasteiger partial charge < -0.3 is 10.3 Å². The summed E-state index contributed by atoms with van der Waals surface area (Å²) in [7, 11) is 0. The van der Waals surface area contributed by atoms with Gasteiger partial charge in [0.05, 0.1) is 16.7 Å². The standard InChI is InChI=1S/C18H14BrN5O/c19-9-11-5-7-12(8-6-11)18(25)23-15-10-20-24-16(15)17-21-13-3-1-2-4-14(13)22-17/h1-8,10H,9H2,(H,20,24)(H,21,22)(H,23,25). The highest BCUT2D eigenvalue weighted by Gasteiger charge is 2.15. The quantitative estimate of drug-likeness (QED) is 0.454. The van der Waals surface area contributed by atoms with Crippen molar-refractivity contribution in [3.8, 4) is 11.5 Å². The second-order valence-electron chi connectivity index (χ2n) is 5.53. The van der Waals surface area contributed by atoms with Gasteiger partial charge in [0.2, 0.25) is 0 Å². The molecule has 1 amide bonds. The first kappa shape index (κ1) is 15.6. The predicted octanol–water partition coefficient (Wildman–Crippen LogP) is 4.10. The van der Waals surface area contributed by atoms with Crippen molar-refractivity contribution in [1.29, 1.82) is 0 Å². The number of carbonyl (C=O) groups excluding carboxylic acids is 1. The average Bonchev–Trinajstić information content (AvgIpc) is 3.27. The highest BCUT2D eigenvalue weighted by Crippen LogP contribution is 2.25. The molecule has 0 aliphatic rings. The van der Waals surface area contributed by atoms with E-state index in [1.165, 1.54) is 0 Å². The van der Waals surface area contributed by atoms with E-state index in [1.54, 1.807) is 18.3 Å². The second-order valence-corrected chi connectivity index (χ2v) is 6.10. The Morgan fingerprint density at radius 2 is 1.92 bits per heavy atom. The Balaban J connectivity index is 1.61. The monoisotopic (exact) mass is 395 g/mol. The van der Waals surface area contributed by atoms with E-state index in [9.17, 15) is 4.79 Å². The van der Waals surface area contributed by atoms with Crippen molar-refractivity contribution in [1.82, 2.24) is 20.2 Å². The van der Waals surface area contributed by atoms with Gasteiger partial charge in [0.15, 0.2) is 11.5 Å². The van der Waals surface area contributed by atoms with Gasteiger partial charge >= 0.3 is 0 Å². The van der Waals surface area contributed by atoms with Gasteiger partial charge in [-0.3, -0.25) is 9.89 Å². The molecule has 4 aromatic rings. The van der Waals surface area contributed by atoms with E-state index < -0.39 is 0 Å². The van der Waals surface area contributed by atoms with Crippen LogP contribution in [0.15, 0.2) is 54.7 Å². The molecule has 7 heteroatoms. The summed E-state index contributed by atoms with van der Waals surface area (Å²) in [6.07, 6.45) is 1.65. The Hall–Kier alpha value is -2.93. The zero-order chi connectivity index (χ0) is 17.2. The highest BCUT2D eigenvalue weighted by atomic mass is 79.9. The molecular formula is C18H14BrN5O. The number of para-hydroxylation sites is 2. The van der Waals surface area contributed by atoms with Gasteiger partial charge in [0.1, 0.15) is 0 Å². The van der Waals surface area contributed by atoms with Crippen molar-refractivity contribution in [2.24, 2.45) is 0 Å². The number of alkyl halides is 1. The summed E-state index contributed by atoms with van der Waals surface area (Å²) in [6, 6.07) is 15.2. The van der Waals surface area contributed by atoms with Crippen LogP contribution in [0, 0.1) is 0 Å². The van der Waals surface area contributed by atoms with Crippen molar-refractivity contribution in [2.75, 3.05) is 5.32 Å². The molecule has 25 heavy (non-hydrogen) atoms. The van der Waals surface area contributed by atoms with E-state index in [-0.39, 0.29) is 5.91 Å². The average molecular weight is 396 g/mol. The van der Waals surface area contributed by atoms with Crippen LogP contribution >= 0.6 is 15.9 Å². The highest BCUT2D eigenvalue weighted by molar-refractivity contribution is 9.08. The number of aromatic nitrogens is 4. The van der Waals surface area contributed by atoms with Crippen molar-refractivity contribution in [3.63, 3.8) is 0 Å². The summed E-state index contributed by atoms with van der Waals surface area (Å²) in [5.41, 5.74) is 4.62. The number of nitrogens with zero attached hydrogens (tertiary/aromatic N) is 2. The minimum absolute atomic E-state index is 0.195. The molecule has 0 fully saturated rings. The number of amides is 1. The Labute approximate surface area is 151 Å². The first-order valence-corrected chi connectivity index (χ1v) is 8.82. The SMILES string of the molecule is O=C(Nc1c[nH]nc1-c1nc2ccccc2[nH]1)c1ccc(CBr)cc1. The fraction of sp³-hybridized carbons (Fsp3) is 0.0556. The molecule has 0 atom stereocenters. The lowest BCUT2D eigenvalue weighted by Gasteiger charge is -2.05. The smallest absolute Gasteiger partial charge is 0.255 e. The number of hydrogen-bond acceptors (Lipinski definition) is 3. The van der Waals surface area contributed by atoms with Crippen LogP contribution in [0.4, 0.5) is 5.69 Å². The lowest BCUT2D eigenvalue weighted by Crippen LogP contribution is -2.12. The number of carbonyl (C=O) groups is 1. The van der Waals surface area contributed by atoms with Crippen molar-refractivity contribution < 1.29 is 4.79 Å². The Morgan fingerprint density at radius 1 is 1.12 bits per heavy atom. The van der Waals surface area contributed by atoms with E-state index in [0.717, 1.165) is 21.9 Å². The van der Waals surface area contributed by atoms with E-state index in [1.807, 2.05) is 36.4 Å². The third-order valence-corrected chi connectivity index (χ3v) is 4.52. The normalized spacial score (nSPS) is 10.9. The van der Waals surface area contributed by atoms with E-state index >= 15 is 0 Å². The minimum atomic E-state index is -0.195. The van der Waals surface area contributed by atoms with Crippen LogP contribution in [0.25, 0.3) is 22.6 Å². The molecule has 4 rings (SSSR count). The maximum absolute atomic E-state index is 12.5. The zero-order valence-corrected chi connectivity index (χ0v) is 14.7. The number of aromatic amines is 2. The van der Waals surface area contributed by atoms with Crippen LogP contribution in [-0.4, -0.2) is 26.1 Å². The number of H-pyrrole nitrogens is 2. The molecule has 0 saturated heterocycles. The van der Waals surface area contributed by atoms with E-state index in [0.29, 0.717) is 22.8 Å². The predicted molar refractivity (Wildman–Crippen MR) is 101 cm³/mol. The van der Waals surface area contributed by atoms with Crippen LogP contribution in [0.2, 0.25) is 0 Å². The largest absolute Gasteiger partial charge is 0.337 e. The fourth-order valence-electron chi connectivity index (χ4n) is 2.57. The van der Waals surface area contributed by atoms with Gasteiger partial charge in [-0.1, -0.05) is 40.2 Å². The number of fused-ring (bicyclic) bond motifs is 1. The van der Waals surface area contributed by atoms with Crippen LogP contribution in [0.5, 0.6) is 0 Å². The van der Waals surface area contributed by atoms with Gasteiger partial charge in [-0.25, -0.2) is 4.98 Å². The number of hydrogen-bond donors (Lipinski definition) is 3. The molecule has 6 nitrogen and oxygen atoms in total. The number of imidazole rings is 1. The minimum Gasteiger partial charge on any atom is -0.337 e. The molecule has 2 aromatic carbocycles. The Bertz CT molecular complexity index is 1000. The molecule has 0 bridgehead atoms. The van der Waals surface area contributed by atoms with Gasteiger partial charge in [-0.05, 0) is 29.8 Å². The van der Waals surface area contributed by atoms with Gasteiger partial charge in [0, 0.05) is 17.1 Å². The fourth-order valence-corrected chi connectivity index (χ4v) is 2.94. The summed E-state index contributed by atoms with van der Waals surface area (Å²) in [5, 5.41) is 10.6. The first-order valence-electron chi connectivity index (χ1n) is 7.70. The summed E-state index contributed by atoms with van der Waals surface area (Å²) in [4.78, 5) is 20.2. The van der Waals surface area contributed by atoms with Crippen LogP contribution in [0.3, 0.4) is 0 Å². The van der Waals surface area contributed by atoms with Crippen molar-refractivity contribution >= 4 is 38.6 Å². The topological polar surface area (TPSA) is 86.5 Å². The lowest BCUT2D eigenvalue weighted by atomic mass is 10.1. The van der Waals surface area contributed by atoms with E-state index in [4.69, 9.17) is 0 Å². The molecule has 0 saturated carbocycles. The number of nitrogens with one attached hydrogen (secondary N) is 3. The number of rotatable bonds is 4. The molecule has 0 unspecified atom stereocenters. The maximum atomic E-state index is 12.5. The molecule has 3 N–H and O–H groups in total. The van der Waals surface area contributed by atoms with Gasteiger partial charge in [-0.15, -0.1) is 0 Å². The van der Waals surface area contributed by atoms with Crippen molar-refractivity contribution in [2.45, 2.75) is 5.33 Å². The van der Waals surface area contributed by atoms with E-state index in [2.05, 4.69) is 41.4 Å². The van der Waals surface area contributed by atoms with Crippen molar-refractivity contribution in [3.05, 3.63) is 65.9 Å². The third kappa shape index (κ3) is 3.06. The first-order chi connectivity index (χ1) is 12.2. The number of anilines is 1. The molecule has 2 heterocycles. The summed E-state index contributed by atoms with van der Waals surface area (Å²) < 4.78 is 0. The Kier molecular flexibility index (Phi) is 4.07. The molecule has 0 aliphatic heterocycles. The zero-order valence-electron chi connectivity index (χ0n) is 13.1. The van der Waals surface area contributed by atoms with Crippen LogP contribution in [-0.2, 0) is 5.33 Å². The lowest BCUT2D eigenvalue weighted by molar-refractivity contribution is 0.102. The molecular weight excluding hydrogens is 382 g/mol. The third-order valence-electron chi connectivity index (χ3n) is 3.87. The number of halogens is 1. The van der Waals surface area contributed by atoms with Crippen LogP contribution in [0.1, 0.15) is 15.9 Å². The molecule has 0 radical (unpaired) electrons. The Morgan fingerprint density at radius 3 is 2.68 bits per heavy atom.